The van der Waals surface area contributed by atoms with Gasteiger partial charge in [0.15, 0.2) is 0 Å². The molecule has 0 aliphatic carbocycles. The van der Waals surface area contributed by atoms with Crippen LogP contribution in [-0.2, 0) is 18.4 Å². The molecule has 1 saturated heterocycles. The summed E-state index contributed by atoms with van der Waals surface area (Å²) in [7, 11) is 1.97. The summed E-state index contributed by atoms with van der Waals surface area (Å²) in [5.74, 6) is -0.0873. The number of piperidine rings is 1. The maximum absolute atomic E-state index is 10.6. The van der Waals surface area contributed by atoms with Gasteiger partial charge in [0, 0.05) is 31.3 Å². The van der Waals surface area contributed by atoms with E-state index in [1.54, 1.807) is 0 Å². The Hall–Kier alpha value is -1.36. The van der Waals surface area contributed by atoms with Gasteiger partial charge in [-0.15, -0.1) is 0 Å². The molecule has 1 aliphatic heterocycles. The van der Waals surface area contributed by atoms with Crippen LogP contribution in [0.1, 0.15) is 36.9 Å². The number of aryl methyl sites for hydroxylation is 1. The monoisotopic (exact) mass is 265 g/mol. The largest absolute Gasteiger partial charge is 0.481 e. The van der Waals surface area contributed by atoms with Gasteiger partial charge >= 0.3 is 5.97 Å². The molecule has 0 aromatic carbocycles. The zero-order valence-corrected chi connectivity index (χ0v) is 11.8. The van der Waals surface area contributed by atoms with Crippen molar-refractivity contribution in [1.29, 1.82) is 0 Å². The van der Waals surface area contributed by atoms with Gasteiger partial charge < -0.3 is 5.11 Å². The van der Waals surface area contributed by atoms with Gasteiger partial charge in [-0.25, -0.2) is 0 Å². The molecule has 5 nitrogen and oxygen atoms in total. The van der Waals surface area contributed by atoms with E-state index in [0.29, 0.717) is 12.3 Å². The number of hydrogen-bond donors (Lipinski definition) is 1. The molecule has 1 aromatic heterocycles. The second-order valence-corrected chi connectivity index (χ2v) is 5.53. The molecular weight excluding hydrogens is 242 g/mol. The average molecular weight is 265 g/mol. The Kier molecular flexibility index (Phi) is 4.58. The van der Waals surface area contributed by atoms with Gasteiger partial charge in [0.25, 0.3) is 0 Å². The standard InChI is InChI=1S/C14H23N3O2/c1-11-13(9-15-16(11)2)10-17-7-5-12(6-8-17)3-4-14(18)19/h9,12H,3-8,10H2,1-2H3,(H,18,19). The van der Waals surface area contributed by atoms with Crippen molar-refractivity contribution in [2.45, 2.75) is 39.2 Å². The van der Waals surface area contributed by atoms with Gasteiger partial charge in [-0.3, -0.25) is 14.4 Å². The molecular formula is C14H23N3O2. The van der Waals surface area contributed by atoms with Crippen LogP contribution in [-0.4, -0.2) is 38.8 Å². The van der Waals surface area contributed by atoms with Crippen LogP contribution in [0.3, 0.4) is 0 Å². The lowest BCUT2D eigenvalue weighted by molar-refractivity contribution is -0.137. The number of carboxylic acid groups (broad SMARTS) is 1. The Labute approximate surface area is 114 Å². The highest BCUT2D eigenvalue weighted by atomic mass is 16.4. The smallest absolute Gasteiger partial charge is 0.303 e. The molecule has 2 rings (SSSR count). The minimum absolute atomic E-state index is 0.312. The van der Waals surface area contributed by atoms with Crippen molar-refractivity contribution in [3.63, 3.8) is 0 Å². The number of hydrogen-bond acceptors (Lipinski definition) is 3. The Morgan fingerprint density at radius 1 is 1.47 bits per heavy atom. The van der Waals surface area contributed by atoms with E-state index in [4.69, 9.17) is 5.11 Å². The van der Waals surface area contributed by atoms with Gasteiger partial charge in [-0.1, -0.05) is 0 Å². The van der Waals surface area contributed by atoms with Gasteiger partial charge in [-0.2, -0.15) is 5.10 Å². The number of carbonyl (C=O) groups is 1. The van der Waals surface area contributed by atoms with E-state index in [1.165, 1.54) is 11.3 Å². The highest BCUT2D eigenvalue weighted by molar-refractivity contribution is 5.66. The van der Waals surface area contributed by atoms with Crippen molar-refractivity contribution in [3.05, 3.63) is 17.5 Å². The lowest BCUT2D eigenvalue weighted by Crippen LogP contribution is -2.33. The third-order valence-corrected chi connectivity index (χ3v) is 4.20. The highest BCUT2D eigenvalue weighted by Crippen LogP contribution is 2.23. The summed E-state index contributed by atoms with van der Waals surface area (Å²) in [6.45, 7) is 5.20. The van der Waals surface area contributed by atoms with Crippen LogP contribution in [0.5, 0.6) is 0 Å². The summed E-state index contributed by atoms with van der Waals surface area (Å²) < 4.78 is 1.91. The summed E-state index contributed by atoms with van der Waals surface area (Å²) in [5, 5.41) is 13.0. The molecule has 5 heteroatoms. The molecule has 1 aromatic rings. The van der Waals surface area contributed by atoms with E-state index in [-0.39, 0.29) is 0 Å². The van der Waals surface area contributed by atoms with Gasteiger partial charge in [0.2, 0.25) is 0 Å². The van der Waals surface area contributed by atoms with Crippen molar-refractivity contribution in [2.75, 3.05) is 13.1 Å². The number of likely N-dealkylation sites (tertiary alicyclic amines) is 1. The van der Waals surface area contributed by atoms with Crippen molar-refractivity contribution in [2.24, 2.45) is 13.0 Å². The zero-order chi connectivity index (χ0) is 13.8. The molecule has 1 N–H and O–H groups in total. The van der Waals surface area contributed by atoms with Crippen molar-refractivity contribution >= 4 is 5.97 Å². The molecule has 0 amide bonds. The summed E-state index contributed by atoms with van der Waals surface area (Å²) in [6.07, 6.45) is 5.33. The quantitative estimate of drug-likeness (QED) is 0.882. The predicted octanol–water partition coefficient (Wildman–Crippen LogP) is 1.81. The number of aromatic nitrogens is 2. The minimum atomic E-state index is -0.673. The van der Waals surface area contributed by atoms with Crippen molar-refractivity contribution < 1.29 is 9.90 Å². The van der Waals surface area contributed by atoms with E-state index in [1.807, 2.05) is 17.9 Å². The van der Waals surface area contributed by atoms with Crippen LogP contribution in [0.25, 0.3) is 0 Å². The first-order valence-electron chi connectivity index (χ1n) is 6.98. The van der Waals surface area contributed by atoms with Gasteiger partial charge in [-0.05, 0) is 45.2 Å². The molecule has 106 valence electrons. The van der Waals surface area contributed by atoms with E-state index in [9.17, 15) is 4.79 Å². The summed E-state index contributed by atoms with van der Waals surface area (Å²) >= 11 is 0. The zero-order valence-electron chi connectivity index (χ0n) is 11.8. The first-order valence-corrected chi connectivity index (χ1v) is 6.98. The fourth-order valence-corrected chi connectivity index (χ4v) is 2.70. The number of aliphatic carboxylic acids is 1. The molecule has 0 spiro atoms. The summed E-state index contributed by atoms with van der Waals surface area (Å²) in [4.78, 5) is 13.0. The van der Waals surface area contributed by atoms with Crippen molar-refractivity contribution in [1.82, 2.24) is 14.7 Å². The predicted molar refractivity (Wildman–Crippen MR) is 72.8 cm³/mol. The van der Waals surface area contributed by atoms with Crippen LogP contribution in [0, 0.1) is 12.8 Å². The second-order valence-electron chi connectivity index (χ2n) is 5.53. The molecule has 1 fully saturated rings. The van der Waals surface area contributed by atoms with Crippen molar-refractivity contribution in [3.8, 4) is 0 Å². The van der Waals surface area contributed by atoms with Crippen LogP contribution in [0.4, 0.5) is 0 Å². The Balaban J connectivity index is 1.77. The third kappa shape index (κ3) is 3.80. The molecule has 0 radical (unpaired) electrons. The molecule has 19 heavy (non-hydrogen) atoms. The van der Waals surface area contributed by atoms with E-state index in [0.717, 1.165) is 38.9 Å². The molecule has 0 unspecified atom stereocenters. The third-order valence-electron chi connectivity index (χ3n) is 4.20. The molecule has 0 saturated carbocycles. The molecule has 2 heterocycles. The lowest BCUT2D eigenvalue weighted by atomic mass is 9.92. The highest BCUT2D eigenvalue weighted by Gasteiger charge is 2.20. The van der Waals surface area contributed by atoms with Crippen LogP contribution >= 0.6 is 0 Å². The Morgan fingerprint density at radius 2 is 2.16 bits per heavy atom. The van der Waals surface area contributed by atoms with Crippen LogP contribution in [0.15, 0.2) is 6.20 Å². The fraction of sp³-hybridized carbons (Fsp3) is 0.714. The Bertz CT molecular complexity index is 434. The first-order chi connectivity index (χ1) is 9.06. The van der Waals surface area contributed by atoms with E-state index >= 15 is 0 Å². The average Bonchev–Trinajstić information content (AvgIpc) is 2.70. The number of carboxylic acids is 1. The van der Waals surface area contributed by atoms with Gasteiger partial charge in [0.05, 0.1) is 6.20 Å². The van der Waals surface area contributed by atoms with E-state index < -0.39 is 5.97 Å². The minimum Gasteiger partial charge on any atom is -0.481 e. The maximum Gasteiger partial charge on any atom is 0.303 e. The normalized spacial score (nSPS) is 17.8. The SMILES string of the molecule is Cc1c(CN2CCC(CCC(=O)O)CC2)cnn1C. The second kappa shape index (κ2) is 6.19. The summed E-state index contributed by atoms with van der Waals surface area (Å²) in [6, 6.07) is 0. The first kappa shape index (κ1) is 14.1. The maximum atomic E-state index is 10.6. The topological polar surface area (TPSA) is 58.4 Å². The molecule has 0 bridgehead atoms. The van der Waals surface area contributed by atoms with Gasteiger partial charge in [0.1, 0.15) is 0 Å². The van der Waals surface area contributed by atoms with Crippen LogP contribution < -0.4 is 0 Å². The molecule has 0 atom stereocenters. The summed E-state index contributed by atoms with van der Waals surface area (Å²) in [5.41, 5.74) is 2.53. The fourth-order valence-electron chi connectivity index (χ4n) is 2.70. The van der Waals surface area contributed by atoms with E-state index in [2.05, 4.69) is 16.9 Å². The Morgan fingerprint density at radius 3 is 2.68 bits per heavy atom. The lowest BCUT2D eigenvalue weighted by Gasteiger charge is -2.31. The molecule has 1 aliphatic rings. The van der Waals surface area contributed by atoms with Crippen LogP contribution in [0.2, 0.25) is 0 Å². The number of rotatable bonds is 5. The number of nitrogens with zero attached hydrogens (tertiary/aromatic N) is 3.